The molecule has 1 aromatic carbocycles. The Morgan fingerprint density at radius 1 is 1.35 bits per heavy atom. The summed E-state index contributed by atoms with van der Waals surface area (Å²) in [6.07, 6.45) is 4.13. The van der Waals surface area contributed by atoms with Crippen molar-refractivity contribution in [3.8, 4) is 0 Å². The molecule has 0 aromatic heterocycles. The van der Waals surface area contributed by atoms with E-state index in [1.54, 1.807) is 19.3 Å². The van der Waals surface area contributed by atoms with Crippen LogP contribution in [0, 0.1) is 0 Å². The largest absolute Gasteiger partial charge is 0.493 e. The van der Waals surface area contributed by atoms with Crippen molar-refractivity contribution in [2.24, 2.45) is 0 Å². The molecule has 2 atom stereocenters. The summed E-state index contributed by atoms with van der Waals surface area (Å²) < 4.78 is 15.7. The maximum atomic E-state index is 11.2. The molecule has 0 radical (unpaired) electrons. The average molecular weight is 337 g/mol. The van der Waals surface area contributed by atoms with Crippen molar-refractivity contribution >= 4 is 22.2 Å². The van der Waals surface area contributed by atoms with Crippen molar-refractivity contribution in [1.29, 1.82) is 0 Å². The van der Waals surface area contributed by atoms with Crippen molar-refractivity contribution in [1.82, 2.24) is 0 Å². The van der Waals surface area contributed by atoms with Gasteiger partial charge in [0.05, 0.1) is 7.11 Å². The molecule has 0 spiro atoms. The van der Waals surface area contributed by atoms with E-state index >= 15 is 0 Å². The number of fused-ring (bicyclic) bond motifs is 1. The number of benzene rings is 1. The molecule has 1 saturated heterocycles. The van der Waals surface area contributed by atoms with Crippen molar-refractivity contribution in [2.75, 3.05) is 7.11 Å². The summed E-state index contributed by atoms with van der Waals surface area (Å²) in [7, 11) is 1.55. The second-order valence-electron chi connectivity index (χ2n) is 4.61. The Kier molecular flexibility index (Phi) is 3.18. The minimum absolute atomic E-state index is 0.378. The van der Waals surface area contributed by atoms with E-state index in [2.05, 4.69) is 15.9 Å². The quantitative estimate of drug-likeness (QED) is 0.471. The highest BCUT2D eigenvalue weighted by molar-refractivity contribution is 9.10. The summed E-state index contributed by atoms with van der Waals surface area (Å²) in [5.74, 6) is 1.03. The van der Waals surface area contributed by atoms with Gasteiger partial charge in [-0.25, -0.2) is 0 Å². The lowest BCUT2D eigenvalue weighted by Gasteiger charge is -2.20. The lowest BCUT2D eigenvalue weighted by molar-refractivity contribution is -0.110. The number of carbonyl (C=O) groups excluding carboxylic acids is 1. The molecule has 1 heterocycles. The standard InChI is InChI=1S/C15H13BrO4/c1-18-12-7-8-14(10-17)15(16,20-14)13(12)19-9-11-5-3-2-4-6-11/h2-8,10H,9H2,1H3. The number of carbonyl (C=O) groups is 1. The number of ether oxygens (including phenoxy) is 3. The first-order valence-electron chi connectivity index (χ1n) is 6.15. The fourth-order valence-electron chi connectivity index (χ4n) is 2.20. The van der Waals surface area contributed by atoms with Gasteiger partial charge in [0.1, 0.15) is 6.61 Å². The van der Waals surface area contributed by atoms with Crippen molar-refractivity contribution in [3.05, 3.63) is 59.6 Å². The van der Waals surface area contributed by atoms with Crippen molar-refractivity contribution < 1.29 is 19.0 Å². The first kappa shape index (κ1) is 13.4. The van der Waals surface area contributed by atoms with E-state index in [0.29, 0.717) is 18.1 Å². The first-order valence-corrected chi connectivity index (χ1v) is 6.94. The second-order valence-corrected chi connectivity index (χ2v) is 5.73. The number of rotatable bonds is 5. The number of epoxide rings is 1. The van der Waals surface area contributed by atoms with E-state index in [9.17, 15) is 4.79 Å². The highest BCUT2D eigenvalue weighted by Crippen LogP contribution is 2.60. The number of alkyl halides is 1. The van der Waals surface area contributed by atoms with E-state index in [-0.39, 0.29) is 0 Å². The van der Waals surface area contributed by atoms with Crippen LogP contribution in [0.3, 0.4) is 0 Å². The van der Waals surface area contributed by atoms with Gasteiger partial charge in [0.25, 0.3) is 0 Å². The Bertz CT molecular complexity index is 595. The number of allylic oxidation sites excluding steroid dienone is 1. The molecule has 4 nitrogen and oxygen atoms in total. The molecule has 0 saturated carbocycles. The predicted molar refractivity (Wildman–Crippen MR) is 75.9 cm³/mol. The van der Waals surface area contributed by atoms with E-state index < -0.39 is 10.1 Å². The number of hydrogen-bond acceptors (Lipinski definition) is 4. The molecule has 0 bridgehead atoms. The summed E-state index contributed by atoms with van der Waals surface area (Å²) in [4.78, 5) is 11.2. The van der Waals surface area contributed by atoms with Crippen LogP contribution in [0.2, 0.25) is 0 Å². The van der Waals surface area contributed by atoms with Gasteiger partial charge in [-0.05, 0) is 33.6 Å². The van der Waals surface area contributed by atoms with Gasteiger partial charge in [-0.1, -0.05) is 30.3 Å². The molecule has 0 N–H and O–H groups in total. The van der Waals surface area contributed by atoms with E-state index in [1.807, 2.05) is 30.3 Å². The van der Waals surface area contributed by atoms with E-state index in [0.717, 1.165) is 11.8 Å². The smallest absolute Gasteiger partial charge is 0.224 e. The fraction of sp³-hybridized carbons (Fsp3) is 0.267. The van der Waals surface area contributed by atoms with Gasteiger partial charge in [0.15, 0.2) is 23.4 Å². The third-order valence-corrected chi connectivity index (χ3v) is 4.53. The lowest BCUT2D eigenvalue weighted by atomic mass is 9.99. The second kappa shape index (κ2) is 4.75. The summed E-state index contributed by atoms with van der Waals surface area (Å²) >= 11 is 3.44. The minimum Gasteiger partial charge on any atom is -0.493 e. The van der Waals surface area contributed by atoms with Crippen LogP contribution in [0.1, 0.15) is 5.56 Å². The van der Waals surface area contributed by atoms with Crippen LogP contribution in [0.5, 0.6) is 0 Å². The molecule has 1 aromatic rings. The van der Waals surface area contributed by atoms with Gasteiger partial charge in [0.2, 0.25) is 4.51 Å². The van der Waals surface area contributed by atoms with Crippen molar-refractivity contribution in [2.45, 2.75) is 16.7 Å². The van der Waals surface area contributed by atoms with Crippen molar-refractivity contribution in [3.63, 3.8) is 0 Å². The van der Waals surface area contributed by atoms with Gasteiger partial charge >= 0.3 is 0 Å². The third-order valence-electron chi connectivity index (χ3n) is 3.39. The normalized spacial score (nSPS) is 30.7. The fourth-order valence-corrected chi connectivity index (χ4v) is 3.00. The molecule has 2 aliphatic rings. The maximum absolute atomic E-state index is 11.2. The number of aldehydes is 1. The van der Waals surface area contributed by atoms with Gasteiger partial charge in [0, 0.05) is 0 Å². The Balaban J connectivity index is 1.84. The topological polar surface area (TPSA) is 48.1 Å². The molecule has 20 heavy (non-hydrogen) atoms. The van der Waals surface area contributed by atoms with Crippen LogP contribution < -0.4 is 0 Å². The molecule has 1 fully saturated rings. The molecule has 104 valence electrons. The lowest BCUT2D eigenvalue weighted by Crippen LogP contribution is -2.27. The van der Waals surface area contributed by atoms with Crippen LogP contribution in [0.4, 0.5) is 0 Å². The summed E-state index contributed by atoms with van der Waals surface area (Å²) in [6.45, 7) is 0.378. The maximum Gasteiger partial charge on any atom is 0.224 e. The number of hydrogen-bond donors (Lipinski definition) is 0. The van der Waals surface area contributed by atoms with Gasteiger partial charge in [-0.15, -0.1) is 0 Å². The third kappa shape index (κ3) is 1.89. The van der Waals surface area contributed by atoms with E-state index in [1.165, 1.54) is 0 Å². The number of methoxy groups -OCH3 is 1. The molecule has 5 heteroatoms. The van der Waals surface area contributed by atoms with Gasteiger partial charge in [-0.3, -0.25) is 4.79 Å². The Labute approximate surface area is 125 Å². The Morgan fingerprint density at radius 2 is 2.10 bits per heavy atom. The average Bonchev–Trinajstić information content (AvgIpc) is 3.12. The van der Waals surface area contributed by atoms with Gasteiger partial charge < -0.3 is 14.2 Å². The van der Waals surface area contributed by atoms with Gasteiger partial charge in [-0.2, -0.15) is 0 Å². The number of halogens is 1. The highest BCUT2D eigenvalue weighted by atomic mass is 79.9. The van der Waals surface area contributed by atoms with Crippen LogP contribution in [-0.4, -0.2) is 23.5 Å². The zero-order chi connectivity index (χ0) is 14.2. The first-order chi connectivity index (χ1) is 9.65. The zero-order valence-corrected chi connectivity index (χ0v) is 12.4. The van der Waals surface area contributed by atoms with Crippen LogP contribution >= 0.6 is 15.9 Å². The van der Waals surface area contributed by atoms with Crippen LogP contribution in [0.15, 0.2) is 54.0 Å². The molecular weight excluding hydrogens is 324 g/mol. The van der Waals surface area contributed by atoms with Crippen LogP contribution in [-0.2, 0) is 25.6 Å². The summed E-state index contributed by atoms with van der Waals surface area (Å²) in [5, 5.41) is 0. The monoisotopic (exact) mass is 336 g/mol. The Morgan fingerprint density at radius 3 is 2.75 bits per heavy atom. The summed E-state index contributed by atoms with van der Waals surface area (Å²) in [6, 6.07) is 9.76. The highest BCUT2D eigenvalue weighted by Gasteiger charge is 2.73. The molecule has 2 unspecified atom stereocenters. The Hall–Kier alpha value is -1.59. The molecule has 1 aliphatic carbocycles. The SMILES string of the molecule is COC1=C(OCc2ccccc2)C2(Br)OC2(C=O)C=C1. The predicted octanol–water partition coefficient (Wildman–Crippen LogP) is 2.69. The molecule has 1 aliphatic heterocycles. The zero-order valence-electron chi connectivity index (χ0n) is 10.8. The van der Waals surface area contributed by atoms with E-state index in [4.69, 9.17) is 14.2 Å². The molecule has 3 rings (SSSR count). The molecule has 0 amide bonds. The van der Waals surface area contributed by atoms with Crippen LogP contribution in [0.25, 0.3) is 0 Å². The minimum atomic E-state index is -0.985. The summed E-state index contributed by atoms with van der Waals surface area (Å²) in [5.41, 5.74) is 0.0413. The molecular formula is C15H13BrO4.